The Kier molecular flexibility index (Phi) is 5.35. The van der Waals surface area contributed by atoms with Crippen molar-refractivity contribution in [2.24, 2.45) is 0 Å². The Morgan fingerprint density at radius 1 is 1.53 bits per heavy atom. The summed E-state index contributed by atoms with van der Waals surface area (Å²) in [5, 5.41) is 9.23. The highest BCUT2D eigenvalue weighted by molar-refractivity contribution is 7.98. The van der Waals surface area contributed by atoms with Crippen LogP contribution in [0, 0.1) is 0 Å². The van der Waals surface area contributed by atoms with Gasteiger partial charge in [0.25, 0.3) is 0 Å². The Bertz CT molecular complexity index is 390. The van der Waals surface area contributed by atoms with Crippen molar-refractivity contribution < 1.29 is 14.6 Å². The first kappa shape index (κ1) is 13.9. The number of thioether (sulfide) groups is 1. The van der Waals surface area contributed by atoms with Gasteiger partial charge in [0, 0.05) is 4.90 Å². The highest BCUT2D eigenvalue weighted by Gasteiger charge is 2.17. The molecule has 1 unspecified atom stereocenters. The zero-order valence-corrected chi connectivity index (χ0v) is 11.2. The van der Waals surface area contributed by atoms with Gasteiger partial charge >= 0.3 is 5.97 Å². The van der Waals surface area contributed by atoms with Gasteiger partial charge in [-0.05, 0) is 31.7 Å². The number of aromatic carboxylic acids is 1. The van der Waals surface area contributed by atoms with Crippen molar-refractivity contribution >= 4 is 17.7 Å². The van der Waals surface area contributed by atoms with Crippen LogP contribution < -0.4 is 4.74 Å². The highest BCUT2D eigenvalue weighted by atomic mass is 32.2. The summed E-state index contributed by atoms with van der Waals surface area (Å²) in [6.45, 7) is 4.04. The first-order valence-corrected chi connectivity index (χ1v) is 6.89. The maximum atomic E-state index is 11.2. The van der Waals surface area contributed by atoms with Crippen molar-refractivity contribution in [2.45, 2.75) is 37.7 Å². The summed E-state index contributed by atoms with van der Waals surface area (Å²) in [6.07, 6.45) is 3.84. The molecule has 0 saturated heterocycles. The molecule has 0 aliphatic heterocycles. The molecule has 0 heterocycles. The van der Waals surface area contributed by atoms with E-state index in [9.17, 15) is 9.90 Å². The molecule has 0 radical (unpaired) electrons. The maximum Gasteiger partial charge on any atom is 0.340 e. The molecule has 94 valence electrons. The minimum atomic E-state index is -0.936. The van der Waals surface area contributed by atoms with E-state index in [0.717, 1.165) is 17.7 Å². The van der Waals surface area contributed by atoms with Crippen molar-refractivity contribution in [3.05, 3.63) is 23.8 Å². The Labute approximate surface area is 106 Å². The molecule has 1 atom stereocenters. The van der Waals surface area contributed by atoms with Crippen LogP contribution >= 0.6 is 11.8 Å². The minimum absolute atomic E-state index is 0.0372. The summed E-state index contributed by atoms with van der Waals surface area (Å²) in [5.74, 6) is -0.473. The molecule has 1 N–H and O–H groups in total. The van der Waals surface area contributed by atoms with Gasteiger partial charge in [-0.3, -0.25) is 0 Å². The average molecular weight is 254 g/mol. The zero-order valence-electron chi connectivity index (χ0n) is 10.4. The summed E-state index contributed by atoms with van der Waals surface area (Å²) in [6, 6.07) is 5.34. The molecule has 0 spiro atoms. The van der Waals surface area contributed by atoms with Crippen molar-refractivity contribution in [3.63, 3.8) is 0 Å². The van der Waals surface area contributed by atoms with E-state index in [1.54, 1.807) is 12.1 Å². The zero-order chi connectivity index (χ0) is 12.8. The molecule has 0 aliphatic carbocycles. The van der Waals surface area contributed by atoms with Gasteiger partial charge in [-0.2, -0.15) is 0 Å². The number of carboxylic acids is 1. The summed E-state index contributed by atoms with van der Waals surface area (Å²) >= 11 is 1.42. The van der Waals surface area contributed by atoms with Gasteiger partial charge in [-0.1, -0.05) is 19.4 Å². The fourth-order valence-corrected chi connectivity index (χ4v) is 2.28. The molecule has 0 aromatic heterocycles. The quantitative estimate of drug-likeness (QED) is 0.787. The lowest BCUT2D eigenvalue weighted by Gasteiger charge is -2.16. The van der Waals surface area contributed by atoms with Gasteiger partial charge in [0.1, 0.15) is 11.3 Å². The lowest BCUT2D eigenvalue weighted by atomic mass is 10.2. The van der Waals surface area contributed by atoms with Crippen LogP contribution in [0.2, 0.25) is 0 Å². The van der Waals surface area contributed by atoms with E-state index in [1.165, 1.54) is 11.8 Å². The van der Waals surface area contributed by atoms with Crippen LogP contribution in [-0.2, 0) is 0 Å². The van der Waals surface area contributed by atoms with Crippen molar-refractivity contribution in [1.29, 1.82) is 0 Å². The van der Waals surface area contributed by atoms with E-state index in [1.807, 2.05) is 19.2 Å². The monoisotopic (exact) mass is 254 g/mol. The summed E-state index contributed by atoms with van der Waals surface area (Å²) in [5.41, 5.74) is 0.267. The van der Waals surface area contributed by atoms with Crippen molar-refractivity contribution in [3.8, 4) is 5.75 Å². The smallest absolute Gasteiger partial charge is 0.340 e. The molecule has 0 amide bonds. The maximum absolute atomic E-state index is 11.2. The van der Waals surface area contributed by atoms with Crippen LogP contribution in [-0.4, -0.2) is 23.4 Å². The fourth-order valence-electron chi connectivity index (χ4n) is 1.67. The molecular formula is C13H18O3S. The van der Waals surface area contributed by atoms with E-state index in [0.29, 0.717) is 5.75 Å². The standard InChI is InChI=1S/C13H18O3S/c1-4-6-9(2)16-10-7-5-8-11(17-3)12(10)13(14)15/h5,7-9H,4,6H2,1-3H3,(H,14,15). The average Bonchev–Trinajstić information content (AvgIpc) is 2.28. The van der Waals surface area contributed by atoms with Crippen LogP contribution in [0.4, 0.5) is 0 Å². The lowest BCUT2D eigenvalue weighted by molar-refractivity contribution is 0.0685. The minimum Gasteiger partial charge on any atom is -0.490 e. The lowest BCUT2D eigenvalue weighted by Crippen LogP contribution is -2.14. The number of carboxylic acid groups (broad SMARTS) is 1. The Hall–Kier alpha value is -1.16. The van der Waals surface area contributed by atoms with E-state index in [4.69, 9.17) is 4.74 Å². The van der Waals surface area contributed by atoms with E-state index in [2.05, 4.69) is 6.92 Å². The van der Waals surface area contributed by atoms with Crippen molar-refractivity contribution in [2.75, 3.05) is 6.26 Å². The van der Waals surface area contributed by atoms with Gasteiger partial charge in [0.15, 0.2) is 0 Å². The van der Waals surface area contributed by atoms with Gasteiger partial charge in [-0.15, -0.1) is 11.8 Å². The van der Waals surface area contributed by atoms with Crippen LogP contribution in [0.3, 0.4) is 0 Å². The SMILES string of the molecule is CCCC(C)Oc1cccc(SC)c1C(=O)O. The van der Waals surface area contributed by atoms with Gasteiger partial charge in [0.2, 0.25) is 0 Å². The first-order valence-electron chi connectivity index (χ1n) is 5.67. The molecule has 0 saturated carbocycles. The summed E-state index contributed by atoms with van der Waals surface area (Å²) in [4.78, 5) is 12.0. The van der Waals surface area contributed by atoms with E-state index < -0.39 is 5.97 Å². The van der Waals surface area contributed by atoms with E-state index in [-0.39, 0.29) is 11.7 Å². The molecule has 3 nitrogen and oxygen atoms in total. The molecule has 0 fully saturated rings. The van der Waals surface area contributed by atoms with E-state index >= 15 is 0 Å². The fraction of sp³-hybridized carbons (Fsp3) is 0.462. The molecule has 17 heavy (non-hydrogen) atoms. The summed E-state index contributed by atoms with van der Waals surface area (Å²) in [7, 11) is 0. The molecule has 0 bridgehead atoms. The number of rotatable bonds is 6. The third-order valence-corrected chi connectivity index (χ3v) is 3.23. The number of ether oxygens (including phenoxy) is 1. The van der Waals surface area contributed by atoms with Crippen LogP contribution in [0.15, 0.2) is 23.1 Å². The Morgan fingerprint density at radius 2 is 2.24 bits per heavy atom. The molecule has 1 rings (SSSR count). The molecule has 1 aromatic carbocycles. The van der Waals surface area contributed by atoms with Gasteiger partial charge in [-0.25, -0.2) is 4.79 Å². The molecule has 0 aliphatic rings. The predicted molar refractivity (Wildman–Crippen MR) is 70.2 cm³/mol. The predicted octanol–water partition coefficient (Wildman–Crippen LogP) is 3.67. The summed E-state index contributed by atoms with van der Waals surface area (Å²) < 4.78 is 5.70. The molecule has 4 heteroatoms. The van der Waals surface area contributed by atoms with Crippen LogP contribution in [0.25, 0.3) is 0 Å². The second-order valence-electron chi connectivity index (χ2n) is 3.86. The van der Waals surface area contributed by atoms with Crippen LogP contribution in [0.5, 0.6) is 5.75 Å². The number of carbonyl (C=O) groups is 1. The second kappa shape index (κ2) is 6.55. The highest BCUT2D eigenvalue weighted by Crippen LogP contribution is 2.29. The van der Waals surface area contributed by atoms with Crippen molar-refractivity contribution in [1.82, 2.24) is 0 Å². The number of benzene rings is 1. The second-order valence-corrected chi connectivity index (χ2v) is 4.70. The van der Waals surface area contributed by atoms with Crippen LogP contribution in [0.1, 0.15) is 37.0 Å². The number of hydrogen-bond acceptors (Lipinski definition) is 3. The third-order valence-electron chi connectivity index (χ3n) is 2.45. The van der Waals surface area contributed by atoms with Gasteiger partial charge in [0.05, 0.1) is 6.10 Å². The largest absolute Gasteiger partial charge is 0.490 e. The Balaban J connectivity index is 3.02. The normalized spacial score (nSPS) is 12.2. The van der Waals surface area contributed by atoms with Gasteiger partial charge < -0.3 is 9.84 Å². The molecule has 1 aromatic rings. The first-order chi connectivity index (χ1) is 8.10. The Morgan fingerprint density at radius 3 is 2.76 bits per heavy atom. The topological polar surface area (TPSA) is 46.5 Å². The molecular weight excluding hydrogens is 236 g/mol. The third kappa shape index (κ3) is 3.66. The number of hydrogen-bond donors (Lipinski definition) is 1.